The fraction of sp³-hybridized carbons (Fsp3) is 0.176. The molecule has 0 aliphatic heterocycles. The monoisotopic (exact) mass is 373 g/mol. The number of rotatable bonds is 5. The second-order valence-corrected chi connectivity index (χ2v) is 5.32. The highest BCUT2D eigenvalue weighted by Crippen LogP contribution is 2.32. The number of carboxylic acid groups (broad SMARTS) is 1. The second kappa shape index (κ2) is 7.51. The van der Waals surface area contributed by atoms with Gasteiger partial charge in [-0.15, -0.1) is 0 Å². The first-order chi connectivity index (χ1) is 12.1. The van der Waals surface area contributed by atoms with Gasteiger partial charge in [-0.05, 0) is 23.8 Å². The summed E-state index contributed by atoms with van der Waals surface area (Å²) in [6.45, 7) is 0. The molecule has 0 aliphatic carbocycles. The van der Waals surface area contributed by atoms with E-state index in [0.717, 1.165) is 36.4 Å². The summed E-state index contributed by atoms with van der Waals surface area (Å²) in [5.74, 6) is -5.66. The quantitative estimate of drug-likeness (QED) is 0.790. The van der Waals surface area contributed by atoms with Crippen LogP contribution in [0.25, 0.3) is 0 Å². The largest absolute Gasteiger partial charge is 0.480 e. The number of alkyl halides is 3. The predicted octanol–water partition coefficient (Wildman–Crippen LogP) is 3.41. The van der Waals surface area contributed by atoms with E-state index in [1.54, 1.807) is 0 Å². The molecule has 2 aromatic carbocycles. The molecule has 0 saturated heterocycles. The van der Waals surface area contributed by atoms with Gasteiger partial charge >= 0.3 is 12.1 Å². The van der Waals surface area contributed by atoms with Crippen molar-refractivity contribution in [3.63, 3.8) is 0 Å². The van der Waals surface area contributed by atoms with Gasteiger partial charge in [0.25, 0.3) is 5.91 Å². The molecular formula is C17H12F5NO3. The zero-order valence-electron chi connectivity index (χ0n) is 13.0. The van der Waals surface area contributed by atoms with Crippen molar-refractivity contribution < 1.29 is 36.6 Å². The van der Waals surface area contributed by atoms with Crippen LogP contribution in [-0.2, 0) is 17.4 Å². The minimum atomic E-state index is -4.71. The van der Waals surface area contributed by atoms with Crippen molar-refractivity contribution in [3.8, 4) is 0 Å². The van der Waals surface area contributed by atoms with E-state index in [-0.39, 0.29) is 5.56 Å². The van der Waals surface area contributed by atoms with E-state index < -0.39 is 53.3 Å². The molecule has 26 heavy (non-hydrogen) atoms. The van der Waals surface area contributed by atoms with Gasteiger partial charge in [0.05, 0.1) is 11.1 Å². The zero-order chi connectivity index (χ0) is 19.5. The fourth-order valence-electron chi connectivity index (χ4n) is 2.31. The Morgan fingerprint density at radius 3 is 2.31 bits per heavy atom. The van der Waals surface area contributed by atoms with Crippen molar-refractivity contribution >= 4 is 11.9 Å². The van der Waals surface area contributed by atoms with Gasteiger partial charge in [-0.3, -0.25) is 4.79 Å². The second-order valence-electron chi connectivity index (χ2n) is 5.32. The third-order valence-corrected chi connectivity index (χ3v) is 3.55. The molecule has 2 N–H and O–H groups in total. The summed E-state index contributed by atoms with van der Waals surface area (Å²) >= 11 is 0. The Morgan fingerprint density at radius 2 is 1.69 bits per heavy atom. The molecule has 4 nitrogen and oxygen atoms in total. The number of hydrogen-bond acceptors (Lipinski definition) is 2. The molecule has 1 atom stereocenters. The molecule has 0 fully saturated rings. The van der Waals surface area contributed by atoms with Gasteiger partial charge in [0.15, 0.2) is 11.6 Å². The van der Waals surface area contributed by atoms with Gasteiger partial charge in [-0.25, -0.2) is 13.6 Å². The lowest BCUT2D eigenvalue weighted by Crippen LogP contribution is -2.43. The first kappa shape index (κ1) is 19.4. The maximum absolute atomic E-state index is 13.6. The van der Waals surface area contributed by atoms with Crippen LogP contribution in [0.5, 0.6) is 0 Å². The lowest BCUT2D eigenvalue weighted by atomic mass is 9.99. The minimum Gasteiger partial charge on any atom is -0.480 e. The van der Waals surface area contributed by atoms with Crippen molar-refractivity contribution in [2.75, 3.05) is 0 Å². The predicted molar refractivity (Wildman–Crippen MR) is 80.4 cm³/mol. The number of halogens is 5. The van der Waals surface area contributed by atoms with E-state index in [4.69, 9.17) is 0 Å². The van der Waals surface area contributed by atoms with Crippen molar-refractivity contribution in [1.29, 1.82) is 0 Å². The van der Waals surface area contributed by atoms with Crippen LogP contribution in [0.4, 0.5) is 22.0 Å². The Kier molecular flexibility index (Phi) is 5.59. The van der Waals surface area contributed by atoms with E-state index in [1.165, 1.54) is 6.07 Å². The summed E-state index contributed by atoms with van der Waals surface area (Å²) < 4.78 is 65.8. The molecule has 2 rings (SSSR count). The van der Waals surface area contributed by atoms with Crippen LogP contribution in [0.3, 0.4) is 0 Å². The fourth-order valence-corrected chi connectivity index (χ4v) is 2.31. The average molecular weight is 373 g/mol. The number of hydrogen-bond donors (Lipinski definition) is 2. The minimum absolute atomic E-state index is 0.354. The summed E-state index contributed by atoms with van der Waals surface area (Å²) in [4.78, 5) is 23.3. The van der Waals surface area contributed by atoms with E-state index in [1.807, 2.05) is 5.32 Å². The molecule has 0 heterocycles. The van der Waals surface area contributed by atoms with Crippen LogP contribution < -0.4 is 5.32 Å². The molecule has 1 amide bonds. The van der Waals surface area contributed by atoms with Gasteiger partial charge in [-0.2, -0.15) is 13.2 Å². The number of carbonyl (C=O) groups excluding carboxylic acids is 1. The van der Waals surface area contributed by atoms with Gasteiger partial charge in [0.2, 0.25) is 0 Å². The third kappa shape index (κ3) is 4.35. The summed E-state index contributed by atoms with van der Waals surface area (Å²) in [7, 11) is 0. The molecule has 0 spiro atoms. The van der Waals surface area contributed by atoms with Crippen LogP contribution in [0.15, 0.2) is 42.5 Å². The molecule has 0 bridgehead atoms. The van der Waals surface area contributed by atoms with Crippen molar-refractivity contribution in [3.05, 3.63) is 70.8 Å². The normalized spacial score (nSPS) is 12.5. The Labute approximate surface area is 144 Å². The maximum Gasteiger partial charge on any atom is 0.416 e. The SMILES string of the molecule is O=C(N[C@@H](Cc1ccccc1C(F)(F)F)C(=O)O)c1cccc(F)c1F. The highest BCUT2D eigenvalue weighted by Gasteiger charge is 2.34. The topological polar surface area (TPSA) is 66.4 Å². The number of carbonyl (C=O) groups is 2. The van der Waals surface area contributed by atoms with E-state index in [2.05, 4.69) is 0 Å². The molecule has 0 saturated carbocycles. The highest BCUT2D eigenvalue weighted by atomic mass is 19.4. The van der Waals surface area contributed by atoms with Crippen LogP contribution in [0.1, 0.15) is 21.5 Å². The van der Waals surface area contributed by atoms with Crippen LogP contribution >= 0.6 is 0 Å². The average Bonchev–Trinajstić information content (AvgIpc) is 2.56. The van der Waals surface area contributed by atoms with Crippen molar-refractivity contribution in [1.82, 2.24) is 5.32 Å². The highest BCUT2D eigenvalue weighted by molar-refractivity contribution is 5.96. The lowest BCUT2D eigenvalue weighted by Gasteiger charge is -2.18. The Bertz CT molecular complexity index is 835. The molecule has 0 aliphatic rings. The van der Waals surface area contributed by atoms with Gasteiger partial charge < -0.3 is 10.4 Å². The smallest absolute Gasteiger partial charge is 0.416 e. The van der Waals surface area contributed by atoms with Crippen molar-refractivity contribution in [2.24, 2.45) is 0 Å². The van der Waals surface area contributed by atoms with E-state index in [9.17, 15) is 36.6 Å². The Hall–Kier alpha value is -2.97. The number of amides is 1. The van der Waals surface area contributed by atoms with Gasteiger partial charge in [0.1, 0.15) is 6.04 Å². The van der Waals surface area contributed by atoms with E-state index >= 15 is 0 Å². The number of benzene rings is 2. The number of carboxylic acids is 1. The van der Waals surface area contributed by atoms with Crippen LogP contribution in [0.2, 0.25) is 0 Å². The molecule has 138 valence electrons. The first-order valence-electron chi connectivity index (χ1n) is 7.24. The lowest BCUT2D eigenvalue weighted by molar-refractivity contribution is -0.141. The Balaban J connectivity index is 2.27. The molecule has 0 aromatic heterocycles. The summed E-state index contributed by atoms with van der Waals surface area (Å²) in [6, 6.07) is 5.25. The van der Waals surface area contributed by atoms with Crippen LogP contribution in [-0.4, -0.2) is 23.0 Å². The maximum atomic E-state index is 13.6. The Morgan fingerprint density at radius 1 is 1.04 bits per heavy atom. The zero-order valence-corrected chi connectivity index (χ0v) is 13.0. The standard InChI is InChI=1S/C17H12F5NO3/c18-12-7-3-5-10(14(12)19)15(24)23-13(16(25)26)8-9-4-1-2-6-11(9)17(20,21)22/h1-7,13H,8H2,(H,23,24)(H,25,26)/t13-/m0/s1. The number of aliphatic carboxylic acids is 1. The molecule has 0 unspecified atom stereocenters. The van der Waals surface area contributed by atoms with Crippen molar-refractivity contribution in [2.45, 2.75) is 18.6 Å². The summed E-state index contributed by atoms with van der Waals surface area (Å²) in [5, 5.41) is 11.1. The van der Waals surface area contributed by atoms with Gasteiger partial charge in [0, 0.05) is 6.42 Å². The van der Waals surface area contributed by atoms with Gasteiger partial charge in [-0.1, -0.05) is 24.3 Å². The summed E-state index contributed by atoms with van der Waals surface area (Å²) in [5.41, 5.74) is -2.15. The van der Waals surface area contributed by atoms with Crippen LogP contribution in [0, 0.1) is 11.6 Å². The number of nitrogens with one attached hydrogen (secondary N) is 1. The molecular weight excluding hydrogens is 361 g/mol. The molecule has 0 radical (unpaired) electrons. The molecule has 9 heteroatoms. The third-order valence-electron chi connectivity index (χ3n) is 3.55. The first-order valence-corrected chi connectivity index (χ1v) is 7.24. The summed E-state index contributed by atoms with van der Waals surface area (Å²) in [6.07, 6.45) is -5.40. The molecule has 2 aromatic rings. The van der Waals surface area contributed by atoms with E-state index in [0.29, 0.717) is 0 Å².